The number of ketones is 2. The molecule has 0 bridgehead atoms. The zero-order chi connectivity index (χ0) is 30.7. The van der Waals surface area contributed by atoms with E-state index in [2.05, 4.69) is 32.8 Å². The Bertz CT molecular complexity index is 1370. The first-order valence-electron chi connectivity index (χ1n) is 16.6. The first-order valence-corrected chi connectivity index (χ1v) is 16.6. The highest BCUT2D eigenvalue weighted by molar-refractivity contribution is 5.91. The highest BCUT2D eigenvalue weighted by atomic mass is 16.5. The Kier molecular flexibility index (Phi) is 7.91. The topological polar surface area (TPSA) is 91.2 Å². The summed E-state index contributed by atoms with van der Waals surface area (Å²) in [6, 6.07) is 9.55. The number of Topliss-reactive ketones (excluding diaryl/α,β-unsaturated/α-hetero) is 2. The second-order valence-electron chi connectivity index (χ2n) is 15.1. The van der Waals surface area contributed by atoms with Crippen LogP contribution in [0.15, 0.2) is 36.5 Å². The summed E-state index contributed by atoms with van der Waals surface area (Å²) in [7, 11) is 0. The van der Waals surface area contributed by atoms with Crippen molar-refractivity contribution in [1.29, 1.82) is 0 Å². The number of nitrogens with zero attached hydrogens (tertiary/aromatic N) is 3. The number of rotatable bonds is 7. The normalized spacial score (nSPS) is 39.3. The van der Waals surface area contributed by atoms with E-state index < -0.39 is 11.5 Å². The molecule has 0 saturated heterocycles. The van der Waals surface area contributed by atoms with E-state index >= 15 is 4.79 Å². The lowest BCUT2D eigenvalue weighted by molar-refractivity contribution is -0.203. The third-order valence-electron chi connectivity index (χ3n) is 12.7. The molecule has 7 heteroatoms. The van der Waals surface area contributed by atoms with Crippen LogP contribution >= 0.6 is 0 Å². The number of hydrogen-bond donors (Lipinski definition) is 0. The summed E-state index contributed by atoms with van der Waals surface area (Å²) in [4.78, 5) is 39.9. The van der Waals surface area contributed by atoms with Crippen molar-refractivity contribution in [2.24, 2.45) is 52.3 Å². The predicted octanol–water partition coefficient (Wildman–Crippen LogP) is 7.12. The van der Waals surface area contributed by atoms with Gasteiger partial charge in [0.2, 0.25) is 0 Å². The van der Waals surface area contributed by atoms with Crippen LogP contribution < -0.4 is 0 Å². The van der Waals surface area contributed by atoms with Gasteiger partial charge in [0.1, 0.15) is 23.6 Å². The predicted molar refractivity (Wildman–Crippen MR) is 165 cm³/mol. The lowest BCUT2D eigenvalue weighted by atomic mass is 9.41. The molecule has 232 valence electrons. The largest absolute Gasteiger partial charge is 0.462 e. The van der Waals surface area contributed by atoms with Crippen molar-refractivity contribution in [3.63, 3.8) is 0 Å². The molecule has 4 fully saturated rings. The van der Waals surface area contributed by atoms with E-state index in [1.807, 2.05) is 41.2 Å². The first-order chi connectivity index (χ1) is 20.4. The maximum Gasteiger partial charge on any atom is 0.302 e. The van der Waals surface area contributed by atoms with Crippen LogP contribution in [0.4, 0.5) is 0 Å². The SMILES string of the molecule is CC(=O)CC[C@@H](C)C1CCC2C3C([C@H](n4cc(-c5ccccc5)nn4)C(=O)[C@@]21C)[C@@]1(C)CC[C@@H](C)C[C@H]1C[C@H]3OC(C)=O. The molecule has 2 aromatic rings. The monoisotopic (exact) mass is 587 g/mol. The molecule has 0 amide bonds. The van der Waals surface area contributed by atoms with E-state index in [0.29, 0.717) is 18.3 Å². The fourth-order valence-corrected chi connectivity index (χ4v) is 10.6. The summed E-state index contributed by atoms with van der Waals surface area (Å²) < 4.78 is 8.16. The molecule has 6 rings (SSSR count). The molecule has 0 aliphatic heterocycles. The molecule has 4 aliphatic carbocycles. The smallest absolute Gasteiger partial charge is 0.302 e. The minimum atomic E-state index is -0.593. The minimum absolute atomic E-state index is 0.00488. The molecule has 7 nitrogen and oxygen atoms in total. The summed E-state index contributed by atoms with van der Waals surface area (Å²) in [6.45, 7) is 12.4. The van der Waals surface area contributed by atoms with Crippen LogP contribution in [0.3, 0.4) is 0 Å². The van der Waals surface area contributed by atoms with Crippen molar-refractivity contribution in [2.45, 2.75) is 105 Å². The molecule has 4 aliphatic rings. The van der Waals surface area contributed by atoms with E-state index in [1.165, 1.54) is 6.92 Å². The van der Waals surface area contributed by atoms with Crippen molar-refractivity contribution in [1.82, 2.24) is 15.0 Å². The number of benzene rings is 1. The maximum atomic E-state index is 15.3. The van der Waals surface area contributed by atoms with Gasteiger partial charge in [-0.15, -0.1) is 5.10 Å². The van der Waals surface area contributed by atoms with Gasteiger partial charge in [0.05, 0.1) is 6.20 Å². The highest BCUT2D eigenvalue weighted by Gasteiger charge is 2.70. The van der Waals surface area contributed by atoms with Crippen LogP contribution in [0, 0.1) is 52.3 Å². The van der Waals surface area contributed by atoms with Crippen LogP contribution in [0.25, 0.3) is 11.3 Å². The van der Waals surface area contributed by atoms with E-state index in [0.717, 1.165) is 56.2 Å². The van der Waals surface area contributed by atoms with E-state index in [4.69, 9.17) is 9.95 Å². The van der Waals surface area contributed by atoms with Gasteiger partial charge in [-0.3, -0.25) is 9.59 Å². The Morgan fingerprint density at radius 3 is 2.53 bits per heavy atom. The van der Waals surface area contributed by atoms with Gasteiger partial charge in [-0.05, 0) is 80.5 Å². The molecule has 4 unspecified atom stereocenters. The van der Waals surface area contributed by atoms with Crippen molar-refractivity contribution >= 4 is 17.5 Å². The Balaban J connectivity index is 1.49. The van der Waals surface area contributed by atoms with Gasteiger partial charge in [-0.1, -0.05) is 69.7 Å². The van der Waals surface area contributed by atoms with Crippen LogP contribution in [0.5, 0.6) is 0 Å². The second kappa shape index (κ2) is 11.3. The first kappa shape index (κ1) is 30.2. The number of hydrogen-bond acceptors (Lipinski definition) is 6. The summed E-state index contributed by atoms with van der Waals surface area (Å²) in [5, 5.41) is 9.28. The molecule has 0 radical (unpaired) electrons. The van der Waals surface area contributed by atoms with E-state index in [-0.39, 0.29) is 58.6 Å². The molecule has 1 aromatic heterocycles. The van der Waals surface area contributed by atoms with Gasteiger partial charge >= 0.3 is 5.97 Å². The van der Waals surface area contributed by atoms with Crippen LogP contribution in [0.1, 0.15) is 99.0 Å². The summed E-state index contributed by atoms with van der Waals surface area (Å²) >= 11 is 0. The van der Waals surface area contributed by atoms with Crippen molar-refractivity contribution in [2.75, 3.05) is 0 Å². The van der Waals surface area contributed by atoms with Gasteiger partial charge in [0.15, 0.2) is 5.78 Å². The zero-order valence-electron chi connectivity index (χ0n) is 26.8. The van der Waals surface area contributed by atoms with Gasteiger partial charge in [-0.25, -0.2) is 4.68 Å². The zero-order valence-corrected chi connectivity index (χ0v) is 26.8. The molecule has 43 heavy (non-hydrogen) atoms. The number of carbonyl (C=O) groups is 3. The van der Waals surface area contributed by atoms with Crippen molar-refractivity contribution in [3.8, 4) is 11.3 Å². The molecule has 0 spiro atoms. The number of carbonyl (C=O) groups excluding carboxylic acids is 3. The third kappa shape index (κ3) is 4.99. The fourth-order valence-electron chi connectivity index (χ4n) is 10.6. The highest BCUT2D eigenvalue weighted by Crippen LogP contribution is 2.70. The summed E-state index contributed by atoms with van der Waals surface area (Å²) in [5.41, 5.74) is 1.09. The van der Waals surface area contributed by atoms with Crippen LogP contribution in [-0.2, 0) is 19.1 Å². The maximum absolute atomic E-state index is 15.3. The van der Waals surface area contributed by atoms with E-state index in [9.17, 15) is 9.59 Å². The Labute approximate surface area is 256 Å². The molecule has 11 atom stereocenters. The Hall–Kier alpha value is -2.83. The van der Waals surface area contributed by atoms with Gasteiger partial charge < -0.3 is 9.53 Å². The fraction of sp³-hybridized carbons (Fsp3) is 0.694. The van der Waals surface area contributed by atoms with Crippen molar-refractivity contribution in [3.05, 3.63) is 36.5 Å². The third-order valence-corrected chi connectivity index (χ3v) is 12.7. The summed E-state index contributed by atoms with van der Waals surface area (Å²) in [5.74, 6) is 1.84. The van der Waals surface area contributed by atoms with Gasteiger partial charge in [0, 0.05) is 36.2 Å². The molecular formula is C36H49N3O4. The average molecular weight is 588 g/mol. The number of fused-ring (bicyclic) bond motifs is 5. The number of aromatic nitrogens is 3. The lowest BCUT2D eigenvalue weighted by Gasteiger charge is -2.64. The number of ether oxygens (including phenoxy) is 1. The average Bonchev–Trinajstić information content (AvgIpc) is 3.59. The molecule has 1 heterocycles. The standard InChI is InChI=1S/C36H49N3O4/c1-21-16-17-35(5)26(18-21)19-30(43-24(4)41)31-28-15-14-27(22(2)12-13-23(3)40)36(28,6)34(42)33(32(31)35)39-20-29(37-38-39)25-10-8-7-9-11-25/h7-11,20-22,26-28,30-33H,12-19H2,1-6H3/t21-,22-,26+,27?,28?,30-,31?,32?,33+,35+,36-/m1/s1. The minimum Gasteiger partial charge on any atom is -0.462 e. The quantitative estimate of drug-likeness (QED) is 0.321. The Morgan fingerprint density at radius 2 is 1.84 bits per heavy atom. The molecule has 4 saturated carbocycles. The van der Waals surface area contributed by atoms with Gasteiger partial charge in [0.25, 0.3) is 0 Å². The van der Waals surface area contributed by atoms with Crippen molar-refractivity contribution < 1.29 is 19.1 Å². The summed E-state index contributed by atoms with van der Waals surface area (Å²) in [6.07, 6.45) is 9.18. The van der Waals surface area contributed by atoms with Crippen LogP contribution in [0.2, 0.25) is 0 Å². The van der Waals surface area contributed by atoms with Crippen LogP contribution in [-0.4, -0.2) is 38.6 Å². The molecule has 0 N–H and O–H groups in total. The molecular weight excluding hydrogens is 538 g/mol. The number of esters is 1. The lowest BCUT2D eigenvalue weighted by Crippen LogP contribution is -2.65. The molecule has 1 aromatic carbocycles. The second-order valence-corrected chi connectivity index (χ2v) is 15.1. The van der Waals surface area contributed by atoms with E-state index in [1.54, 1.807) is 6.92 Å². The van der Waals surface area contributed by atoms with Gasteiger partial charge in [-0.2, -0.15) is 0 Å². The Morgan fingerprint density at radius 1 is 1.09 bits per heavy atom.